The van der Waals surface area contributed by atoms with Gasteiger partial charge >= 0.3 is 0 Å². The number of rotatable bonds is 5. The molecule has 1 aliphatic heterocycles. The number of hydrogen-bond donors (Lipinski definition) is 2. The summed E-state index contributed by atoms with van der Waals surface area (Å²) in [6, 6.07) is 52.4. The number of pyridine rings is 1. The van der Waals surface area contributed by atoms with Crippen LogP contribution in [0.5, 0.6) is 0 Å². The van der Waals surface area contributed by atoms with Crippen molar-refractivity contribution in [2.75, 3.05) is 0 Å². The number of amidine groups is 1. The maximum Gasteiger partial charge on any atom is 0.162 e. The van der Waals surface area contributed by atoms with Crippen LogP contribution in [0.15, 0.2) is 167 Å². The largest absolute Gasteiger partial charge is 0.454 e. The minimum Gasteiger partial charge on any atom is -0.454 e. The van der Waals surface area contributed by atoms with Crippen LogP contribution in [0.2, 0.25) is 0 Å². The van der Waals surface area contributed by atoms with E-state index in [0.29, 0.717) is 0 Å². The molecule has 0 aliphatic carbocycles. The van der Waals surface area contributed by atoms with Gasteiger partial charge in [0.25, 0.3) is 0 Å². The number of aliphatic imine (C=N–C) groups is 1. The van der Waals surface area contributed by atoms with Crippen LogP contribution in [0.3, 0.4) is 0 Å². The quantitative estimate of drug-likeness (QED) is 0.205. The van der Waals surface area contributed by atoms with E-state index in [1.54, 1.807) is 0 Å². The van der Waals surface area contributed by atoms with Crippen molar-refractivity contribution in [2.24, 2.45) is 4.99 Å². The summed E-state index contributed by atoms with van der Waals surface area (Å²) in [6.07, 6.45) is 1.55. The summed E-state index contributed by atoms with van der Waals surface area (Å²) in [5, 5.41) is 12.0. The molecule has 0 bridgehead atoms. The standard InChI is InChI=1S/C42H30N4O/c1-4-14-27(15-5-1)38-39-37(34-24-30-20-10-11-21-31(30)25-36(34)47-39)35(26-43-38)32-22-12-13-23-33(32)42-45-40(28-16-6-2-7-17-28)44-41(46-42)29-18-8-3-9-19-29/h1-26,40,42,45H,(H,44,46). The maximum atomic E-state index is 6.73. The van der Waals surface area contributed by atoms with Gasteiger partial charge in [0.1, 0.15) is 29.4 Å². The first-order chi connectivity index (χ1) is 23.3. The number of fused-ring (bicyclic) bond motifs is 4. The van der Waals surface area contributed by atoms with E-state index < -0.39 is 0 Å². The van der Waals surface area contributed by atoms with Gasteiger partial charge in [-0.2, -0.15) is 0 Å². The van der Waals surface area contributed by atoms with Crippen molar-refractivity contribution in [3.05, 3.63) is 175 Å². The molecular weight excluding hydrogens is 576 g/mol. The average Bonchev–Trinajstić information content (AvgIpc) is 3.53. The van der Waals surface area contributed by atoms with Gasteiger partial charge in [0.05, 0.1) is 0 Å². The molecule has 1 aliphatic rings. The van der Waals surface area contributed by atoms with E-state index in [9.17, 15) is 0 Å². The summed E-state index contributed by atoms with van der Waals surface area (Å²) >= 11 is 0. The number of benzene rings is 6. The Balaban J connectivity index is 1.25. The minimum atomic E-state index is -0.231. The molecular formula is C42H30N4O. The smallest absolute Gasteiger partial charge is 0.162 e. The number of nitrogens with one attached hydrogen (secondary N) is 2. The van der Waals surface area contributed by atoms with Gasteiger partial charge in [-0.25, -0.2) is 4.99 Å². The Morgan fingerprint density at radius 1 is 0.596 bits per heavy atom. The summed E-state index contributed by atoms with van der Waals surface area (Å²) in [7, 11) is 0. The van der Waals surface area contributed by atoms with E-state index in [-0.39, 0.29) is 12.3 Å². The zero-order valence-electron chi connectivity index (χ0n) is 25.5. The van der Waals surface area contributed by atoms with Gasteiger partial charge in [0.2, 0.25) is 0 Å². The molecule has 0 amide bonds. The summed E-state index contributed by atoms with van der Waals surface area (Å²) < 4.78 is 6.73. The number of nitrogens with zero attached hydrogens (tertiary/aromatic N) is 2. The minimum absolute atomic E-state index is 0.230. The Labute approximate surface area is 272 Å². The first kappa shape index (κ1) is 27.3. The van der Waals surface area contributed by atoms with Gasteiger partial charge in [0.15, 0.2) is 5.58 Å². The van der Waals surface area contributed by atoms with Crippen LogP contribution >= 0.6 is 0 Å². The van der Waals surface area contributed by atoms with Gasteiger partial charge in [-0.15, -0.1) is 0 Å². The van der Waals surface area contributed by atoms with E-state index in [2.05, 4.69) is 120 Å². The SMILES string of the molecule is c1ccc(C2=NC(c3ccccc3)NC(c3ccccc3-c3cnc(-c4ccccc4)c4oc5cc6ccccc6cc5c34)N2)cc1. The molecule has 5 heteroatoms. The first-order valence-corrected chi connectivity index (χ1v) is 15.9. The molecule has 0 fully saturated rings. The Morgan fingerprint density at radius 2 is 1.23 bits per heavy atom. The van der Waals surface area contributed by atoms with Crippen molar-refractivity contribution in [1.82, 2.24) is 15.6 Å². The number of furan rings is 1. The molecule has 0 saturated carbocycles. The van der Waals surface area contributed by atoms with Gasteiger partial charge < -0.3 is 9.73 Å². The summed E-state index contributed by atoms with van der Waals surface area (Å²) in [5.41, 5.74) is 8.83. The van der Waals surface area contributed by atoms with Crippen molar-refractivity contribution >= 4 is 38.5 Å². The summed E-state index contributed by atoms with van der Waals surface area (Å²) in [4.78, 5) is 10.2. The third-order valence-electron chi connectivity index (χ3n) is 9.00. The molecule has 2 aromatic heterocycles. The van der Waals surface area contributed by atoms with Crippen molar-refractivity contribution in [1.29, 1.82) is 0 Å². The molecule has 9 rings (SSSR count). The third kappa shape index (κ3) is 4.85. The summed E-state index contributed by atoms with van der Waals surface area (Å²) in [5.74, 6) is 0.848. The molecule has 5 nitrogen and oxygen atoms in total. The van der Waals surface area contributed by atoms with E-state index in [1.807, 2.05) is 48.7 Å². The molecule has 0 spiro atoms. The molecule has 2 unspecified atom stereocenters. The third-order valence-corrected chi connectivity index (χ3v) is 9.00. The Morgan fingerprint density at radius 3 is 2.00 bits per heavy atom. The predicted molar refractivity (Wildman–Crippen MR) is 191 cm³/mol. The van der Waals surface area contributed by atoms with Crippen LogP contribution in [-0.4, -0.2) is 10.8 Å². The number of aromatic nitrogens is 1. The van der Waals surface area contributed by atoms with Crippen LogP contribution in [0.4, 0.5) is 0 Å². The maximum absolute atomic E-state index is 6.73. The fourth-order valence-electron chi connectivity index (χ4n) is 6.74. The van der Waals surface area contributed by atoms with Crippen molar-refractivity contribution < 1.29 is 4.42 Å². The van der Waals surface area contributed by atoms with Crippen LogP contribution in [0.25, 0.3) is 55.1 Å². The fraction of sp³-hybridized carbons (Fsp3) is 0.0476. The zero-order chi connectivity index (χ0) is 31.2. The first-order valence-electron chi connectivity index (χ1n) is 15.9. The molecule has 0 radical (unpaired) electrons. The second kappa shape index (κ2) is 11.4. The van der Waals surface area contributed by atoms with E-state index in [1.165, 1.54) is 5.39 Å². The van der Waals surface area contributed by atoms with E-state index in [4.69, 9.17) is 14.4 Å². The van der Waals surface area contributed by atoms with Crippen LogP contribution in [0.1, 0.15) is 29.0 Å². The second-order valence-electron chi connectivity index (χ2n) is 11.9. The topological polar surface area (TPSA) is 62.5 Å². The Kier molecular flexibility index (Phi) is 6.61. The zero-order valence-corrected chi connectivity index (χ0v) is 25.5. The lowest BCUT2D eigenvalue weighted by molar-refractivity contribution is 0.409. The van der Waals surface area contributed by atoms with Gasteiger partial charge in [-0.05, 0) is 39.6 Å². The van der Waals surface area contributed by atoms with E-state index in [0.717, 1.165) is 72.2 Å². The monoisotopic (exact) mass is 606 g/mol. The lowest BCUT2D eigenvalue weighted by atomic mass is 9.93. The lowest BCUT2D eigenvalue weighted by Gasteiger charge is -2.33. The predicted octanol–water partition coefficient (Wildman–Crippen LogP) is 9.81. The lowest BCUT2D eigenvalue weighted by Crippen LogP contribution is -2.45. The second-order valence-corrected chi connectivity index (χ2v) is 11.9. The molecule has 8 aromatic rings. The highest BCUT2D eigenvalue weighted by Gasteiger charge is 2.28. The van der Waals surface area contributed by atoms with Gasteiger partial charge in [0, 0.05) is 33.7 Å². The van der Waals surface area contributed by atoms with Crippen LogP contribution in [-0.2, 0) is 0 Å². The van der Waals surface area contributed by atoms with Crippen molar-refractivity contribution in [2.45, 2.75) is 12.3 Å². The highest BCUT2D eigenvalue weighted by atomic mass is 16.3. The molecule has 2 atom stereocenters. The molecule has 47 heavy (non-hydrogen) atoms. The van der Waals surface area contributed by atoms with Crippen LogP contribution in [0, 0.1) is 0 Å². The van der Waals surface area contributed by atoms with Crippen LogP contribution < -0.4 is 10.6 Å². The Bertz CT molecular complexity index is 2420. The molecule has 0 saturated heterocycles. The highest BCUT2D eigenvalue weighted by molar-refractivity contribution is 6.18. The van der Waals surface area contributed by atoms with Gasteiger partial charge in [-0.1, -0.05) is 140 Å². The average molecular weight is 607 g/mol. The molecule has 2 N–H and O–H groups in total. The fourth-order valence-corrected chi connectivity index (χ4v) is 6.74. The normalized spacial score (nSPS) is 16.3. The van der Waals surface area contributed by atoms with Crippen molar-refractivity contribution in [3.63, 3.8) is 0 Å². The molecule has 224 valence electrons. The number of hydrogen-bond acceptors (Lipinski definition) is 5. The molecule has 6 aromatic carbocycles. The van der Waals surface area contributed by atoms with Crippen molar-refractivity contribution in [3.8, 4) is 22.4 Å². The highest BCUT2D eigenvalue weighted by Crippen LogP contribution is 2.43. The summed E-state index contributed by atoms with van der Waals surface area (Å²) in [6.45, 7) is 0. The Hall–Kier alpha value is -6.04. The molecule has 3 heterocycles. The van der Waals surface area contributed by atoms with E-state index >= 15 is 0 Å². The van der Waals surface area contributed by atoms with Gasteiger partial charge in [-0.3, -0.25) is 10.3 Å².